The highest BCUT2D eigenvalue weighted by Crippen LogP contribution is 2.35. The first-order chi connectivity index (χ1) is 9.52. The summed E-state index contributed by atoms with van der Waals surface area (Å²) in [5.41, 5.74) is 2.96. The molecule has 108 valence electrons. The molecule has 0 bridgehead atoms. The molecule has 2 rings (SSSR count). The number of rotatable bonds is 4. The van der Waals surface area contributed by atoms with Gasteiger partial charge in [0, 0.05) is 11.6 Å². The summed E-state index contributed by atoms with van der Waals surface area (Å²) in [5.74, 6) is -0.342. The largest absolute Gasteiger partial charge is 0.466 e. The molecule has 4 heteroatoms. The summed E-state index contributed by atoms with van der Waals surface area (Å²) in [6.45, 7) is 5.95. The smallest absolute Gasteiger partial charge is 0.313 e. The lowest BCUT2D eigenvalue weighted by Crippen LogP contribution is -2.18. The highest BCUT2D eigenvalue weighted by molar-refractivity contribution is 5.92. The van der Waals surface area contributed by atoms with Gasteiger partial charge in [0.25, 0.3) is 0 Å². The van der Waals surface area contributed by atoms with Gasteiger partial charge in [-0.3, -0.25) is 9.59 Å². The van der Waals surface area contributed by atoms with Crippen LogP contribution in [0, 0.1) is 5.92 Å². The number of carbonyl (C=O) groups excluding carboxylic acids is 2. The number of ether oxygens (including phenoxy) is 1. The Morgan fingerprint density at radius 1 is 1.40 bits per heavy atom. The van der Waals surface area contributed by atoms with Gasteiger partial charge in [0.15, 0.2) is 0 Å². The van der Waals surface area contributed by atoms with Crippen molar-refractivity contribution in [2.24, 2.45) is 5.92 Å². The van der Waals surface area contributed by atoms with E-state index in [2.05, 4.69) is 5.32 Å². The molecule has 0 radical (unpaired) electrons. The molecule has 4 nitrogen and oxygen atoms in total. The third kappa shape index (κ3) is 3.00. The molecule has 1 aromatic rings. The normalized spacial score (nSPS) is 16.9. The number of carbonyl (C=O) groups is 2. The number of nitrogens with one attached hydrogen (secondary N) is 1. The second-order valence-corrected chi connectivity index (χ2v) is 5.40. The fourth-order valence-corrected chi connectivity index (χ4v) is 2.47. The van der Waals surface area contributed by atoms with Gasteiger partial charge in [-0.15, -0.1) is 0 Å². The summed E-state index contributed by atoms with van der Waals surface area (Å²) in [6, 6.07) is 5.76. The van der Waals surface area contributed by atoms with Crippen LogP contribution in [-0.2, 0) is 20.7 Å². The van der Waals surface area contributed by atoms with Gasteiger partial charge in [-0.2, -0.15) is 0 Å². The van der Waals surface area contributed by atoms with Gasteiger partial charge in [-0.05, 0) is 43.0 Å². The number of fused-ring (bicyclic) bond motifs is 1. The maximum atomic E-state index is 11.9. The van der Waals surface area contributed by atoms with Gasteiger partial charge in [-0.25, -0.2) is 0 Å². The molecule has 0 fully saturated rings. The van der Waals surface area contributed by atoms with Gasteiger partial charge < -0.3 is 10.1 Å². The van der Waals surface area contributed by atoms with Gasteiger partial charge in [0.1, 0.15) is 0 Å². The van der Waals surface area contributed by atoms with Crippen LogP contribution >= 0.6 is 0 Å². The first-order valence-corrected chi connectivity index (χ1v) is 7.13. The van der Waals surface area contributed by atoms with Crippen molar-refractivity contribution in [1.82, 2.24) is 0 Å². The van der Waals surface area contributed by atoms with E-state index >= 15 is 0 Å². The summed E-state index contributed by atoms with van der Waals surface area (Å²) in [4.78, 5) is 23.6. The number of aryl methyl sites for hydroxylation is 1. The van der Waals surface area contributed by atoms with Gasteiger partial charge >= 0.3 is 5.97 Å². The molecule has 20 heavy (non-hydrogen) atoms. The lowest BCUT2D eigenvalue weighted by molar-refractivity contribution is -0.144. The zero-order chi connectivity index (χ0) is 14.7. The third-order valence-corrected chi connectivity index (χ3v) is 3.58. The number of hydrogen-bond donors (Lipinski definition) is 1. The average Bonchev–Trinajstić information content (AvgIpc) is 2.81. The Bertz CT molecular complexity index is 522. The predicted molar refractivity (Wildman–Crippen MR) is 77.6 cm³/mol. The van der Waals surface area contributed by atoms with E-state index in [1.807, 2.05) is 39.0 Å². The van der Waals surface area contributed by atoms with Crippen molar-refractivity contribution in [3.05, 3.63) is 29.3 Å². The number of benzene rings is 1. The molecule has 1 amide bonds. The molecule has 0 heterocycles. The molecule has 0 spiro atoms. The van der Waals surface area contributed by atoms with Crippen molar-refractivity contribution >= 4 is 17.6 Å². The lowest BCUT2D eigenvalue weighted by atomic mass is 10.0. The molecule has 1 aromatic carbocycles. The summed E-state index contributed by atoms with van der Waals surface area (Å²) in [5, 5.41) is 2.89. The minimum Gasteiger partial charge on any atom is -0.466 e. The Morgan fingerprint density at radius 2 is 2.15 bits per heavy atom. The summed E-state index contributed by atoms with van der Waals surface area (Å²) >= 11 is 0. The fraction of sp³-hybridized carbons (Fsp3) is 0.500. The van der Waals surface area contributed by atoms with Crippen molar-refractivity contribution in [2.45, 2.75) is 39.5 Å². The van der Waals surface area contributed by atoms with Crippen LogP contribution in [-0.4, -0.2) is 18.5 Å². The number of esters is 1. The Hall–Kier alpha value is -1.84. The molecular weight excluding hydrogens is 254 g/mol. The molecular formula is C16H21NO3. The van der Waals surface area contributed by atoms with Crippen LogP contribution in [0.1, 0.15) is 44.2 Å². The topological polar surface area (TPSA) is 55.4 Å². The van der Waals surface area contributed by atoms with Crippen molar-refractivity contribution in [3.63, 3.8) is 0 Å². The third-order valence-electron chi connectivity index (χ3n) is 3.58. The molecule has 0 aromatic heterocycles. The molecule has 1 atom stereocenters. The van der Waals surface area contributed by atoms with E-state index in [1.54, 1.807) is 0 Å². The van der Waals surface area contributed by atoms with Gasteiger partial charge in [0.2, 0.25) is 5.91 Å². The fourth-order valence-electron chi connectivity index (χ4n) is 2.47. The summed E-state index contributed by atoms with van der Waals surface area (Å²) in [6.07, 6.45) is 1.64. The van der Waals surface area contributed by atoms with Crippen LogP contribution in [0.4, 0.5) is 5.69 Å². The summed E-state index contributed by atoms with van der Waals surface area (Å²) in [7, 11) is 0. The monoisotopic (exact) mass is 275 g/mol. The highest BCUT2D eigenvalue weighted by atomic mass is 16.5. The molecule has 0 saturated carbocycles. The Labute approximate surface area is 119 Å². The standard InChI is InChI=1S/C16H21NO3/c1-4-20-16(19)14-7-5-11-9-12(6-8-13(11)14)17-15(18)10(2)3/h6,8-10,14H,4-5,7H2,1-3H3,(H,17,18). The van der Waals surface area contributed by atoms with Gasteiger partial charge in [0.05, 0.1) is 12.5 Å². The number of anilines is 1. The molecule has 1 aliphatic carbocycles. The van der Waals surface area contributed by atoms with Crippen molar-refractivity contribution in [2.75, 3.05) is 11.9 Å². The average molecular weight is 275 g/mol. The van der Waals surface area contributed by atoms with Crippen LogP contribution in [0.3, 0.4) is 0 Å². The first-order valence-electron chi connectivity index (χ1n) is 7.13. The van der Waals surface area contributed by atoms with Crippen LogP contribution in [0.5, 0.6) is 0 Å². The van der Waals surface area contributed by atoms with Gasteiger partial charge in [-0.1, -0.05) is 19.9 Å². The Kier molecular flexibility index (Phi) is 4.42. The van der Waals surface area contributed by atoms with E-state index in [1.165, 1.54) is 0 Å². The van der Waals surface area contributed by atoms with E-state index in [0.29, 0.717) is 6.61 Å². The van der Waals surface area contributed by atoms with Crippen LogP contribution < -0.4 is 5.32 Å². The van der Waals surface area contributed by atoms with E-state index in [0.717, 1.165) is 29.7 Å². The van der Waals surface area contributed by atoms with E-state index in [9.17, 15) is 9.59 Å². The molecule has 0 saturated heterocycles. The van der Waals surface area contributed by atoms with E-state index < -0.39 is 0 Å². The molecule has 1 N–H and O–H groups in total. The van der Waals surface area contributed by atoms with Crippen molar-refractivity contribution in [3.8, 4) is 0 Å². The maximum absolute atomic E-state index is 11.9. The van der Waals surface area contributed by atoms with Crippen molar-refractivity contribution < 1.29 is 14.3 Å². The second kappa shape index (κ2) is 6.07. The summed E-state index contributed by atoms with van der Waals surface area (Å²) < 4.78 is 5.10. The minimum absolute atomic E-state index is 0.00453. The highest BCUT2D eigenvalue weighted by Gasteiger charge is 2.29. The van der Waals surface area contributed by atoms with Crippen LogP contribution in [0.2, 0.25) is 0 Å². The first kappa shape index (κ1) is 14.6. The lowest BCUT2D eigenvalue weighted by Gasteiger charge is -2.12. The molecule has 1 unspecified atom stereocenters. The zero-order valence-corrected chi connectivity index (χ0v) is 12.2. The second-order valence-electron chi connectivity index (χ2n) is 5.40. The number of hydrogen-bond acceptors (Lipinski definition) is 3. The van der Waals surface area contributed by atoms with E-state index in [4.69, 9.17) is 4.74 Å². The zero-order valence-electron chi connectivity index (χ0n) is 12.2. The quantitative estimate of drug-likeness (QED) is 0.860. The Morgan fingerprint density at radius 3 is 2.80 bits per heavy atom. The Balaban J connectivity index is 2.14. The van der Waals surface area contributed by atoms with E-state index in [-0.39, 0.29) is 23.7 Å². The molecule has 1 aliphatic rings. The van der Waals surface area contributed by atoms with Crippen molar-refractivity contribution in [1.29, 1.82) is 0 Å². The predicted octanol–water partition coefficient (Wildman–Crippen LogP) is 2.87. The molecule has 0 aliphatic heterocycles. The van der Waals surface area contributed by atoms with Crippen LogP contribution in [0.15, 0.2) is 18.2 Å². The minimum atomic E-state index is -0.153. The van der Waals surface area contributed by atoms with Crippen LogP contribution in [0.25, 0.3) is 0 Å². The number of amides is 1. The maximum Gasteiger partial charge on any atom is 0.313 e. The SMILES string of the molecule is CCOC(=O)C1CCc2cc(NC(=O)C(C)C)ccc21.